The number of benzene rings is 3. The summed E-state index contributed by atoms with van der Waals surface area (Å²) in [5.74, 6) is -2.62. The van der Waals surface area contributed by atoms with Crippen molar-refractivity contribution in [2.45, 2.75) is 31.1 Å². The van der Waals surface area contributed by atoms with Gasteiger partial charge in [0.25, 0.3) is 0 Å². The van der Waals surface area contributed by atoms with Crippen LogP contribution in [0.1, 0.15) is 62.9 Å². The highest BCUT2D eigenvalue weighted by Gasteiger charge is 2.42. The zero-order chi connectivity index (χ0) is 24.0. The minimum Gasteiger partial charge on any atom is -0.508 e. The van der Waals surface area contributed by atoms with Crippen molar-refractivity contribution in [3.8, 4) is 23.0 Å². The molecule has 5 rings (SSSR count). The van der Waals surface area contributed by atoms with Crippen LogP contribution in [-0.4, -0.2) is 24.2 Å². The van der Waals surface area contributed by atoms with Gasteiger partial charge < -0.3 is 19.3 Å². The molecule has 2 bridgehead atoms. The van der Waals surface area contributed by atoms with Crippen molar-refractivity contribution in [1.82, 2.24) is 0 Å². The summed E-state index contributed by atoms with van der Waals surface area (Å²) in [7, 11) is 1.40. The molecular formula is C26H20F2O6. The van der Waals surface area contributed by atoms with Crippen LogP contribution in [0, 0.1) is 11.6 Å². The fourth-order valence-electron chi connectivity index (χ4n) is 4.89. The van der Waals surface area contributed by atoms with Crippen LogP contribution in [0.5, 0.6) is 23.0 Å². The van der Waals surface area contributed by atoms with E-state index in [-0.39, 0.29) is 46.0 Å². The second kappa shape index (κ2) is 8.44. The fraction of sp³-hybridized carbons (Fsp3) is 0.231. The summed E-state index contributed by atoms with van der Waals surface area (Å²) < 4.78 is 44.5. The van der Waals surface area contributed by atoms with Gasteiger partial charge in [0.1, 0.15) is 34.6 Å². The smallest absolute Gasteiger partial charge is 0.346 e. The number of halogens is 2. The molecule has 1 saturated carbocycles. The van der Waals surface area contributed by atoms with Gasteiger partial charge in [0.2, 0.25) is 0 Å². The Hall–Kier alpha value is -3.94. The highest BCUT2D eigenvalue weighted by atomic mass is 19.1. The van der Waals surface area contributed by atoms with Crippen LogP contribution in [-0.2, 0) is 0 Å². The van der Waals surface area contributed by atoms with Gasteiger partial charge in [0, 0.05) is 23.3 Å². The van der Waals surface area contributed by atoms with Gasteiger partial charge in [-0.1, -0.05) is 0 Å². The third kappa shape index (κ3) is 3.75. The summed E-state index contributed by atoms with van der Waals surface area (Å²) in [4.78, 5) is 25.3. The average molecular weight is 466 g/mol. The highest BCUT2D eigenvalue weighted by molar-refractivity contribution is 5.93. The van der Waals surface area contributed by atoms with E-state index in [1.54, 1.807) is 0 Å². The normalized spacial score (nSPS) is 17.9. The van der Waals surface area contributed by atoms with Crippen LogP contribution in [0.15, 0.2) is 48.5 Å². The van der Waals surface area contributed by atoms with E-state index in [4.69, 9.17) is 14.2 Å². The van der Waals surface area contributed by atoms with E-state index >= 15 is 0 Å². The van der Waals surface area contributed by atoms with Crippen molar-refractivity contribution in [2.75, 3.05) is 7.11 Å². The SMILES string of the molecule is COc1ccc(C(=O)Oc2ccc(OC(=O)c3ccc(O)cc3F)c3c2C2CCC3C2)c(F)c1. The summed E-state index contributed by atoms with van der Waals surface area (Å²) in [5, 5.41) is 9.37. The van der Waals surface area contributed by atoms with Gasteiger partial charge in [-0.15, -0.1) is 0 Å². The quantitative estimate of drug-likeness (QED) is 0.396. The lowest BCUT2D eigenvalue weighted by Gasteiger charge is -2.21. The summed E-state index contributed by atoms with van der Waals surface area (Å²) in [6.45, 7) is 0. The van der Waals surface area contributed by atoms with E-state index < -0.39 is 23.6 Å². The molecule has 2 aliphatic carbocycles. The van der Waals surface area contributed by atoms with E-state index in [0.29, 0.717) is 0 Å². The molecule has 3 aromatic carbocycles. The largest absolute Gasteiger partial charge is 0.508 e. The van der Waals surface area contributed by atoms with Gasteiger partial charge in [-0.05, 0) is 67.5 Å². The molecule has 0 aliphatic heterocycles. The summed E-state index contributed by atoms with van der Waals surface area (Å²) >= 11 is 0. The average Bonchev–Trinajstić information content (AvgIpc) is 3.43. The predicted octanol–water partition coefficient (Wildman–Crippen LogP) is 5.48. The molecule has 0 radical (unpaired) electrons. The second-order valence-electron chi connectivity index (χ2n) is 8.39. The lowest BCUT2D eigenvalue weighted by molar-refractivity contribution is 0.0711. The van der Waals surface area contributed by atoms with Crippen molar-refractivity contribution < 1.29 is 37.7 Å². The molecule has 0 aromatic heterocycles. The molecule has 1 fully saturated rings. The van der Waals surface area contributed by atoms with Crippen molar-refractivity contribution in [2.24, 2.45) is 0 Å². The Morgan fingerprint density at radius 3 is 1.85 bits per heavy atom. The number of ether oxygens (including phenoxy) is 3. The van der Waals surface area contributed by atoms with Crippen molar-refractivity contribution >= 4 is 11.9 Å². The maximum atomic E-state index is 14.4. The Morgan fingerprint density at radius 1 is 0.824 bits per heavy atom. The lowest BCUT2D eigenvalue weighted by atomic mass is 9.90. The number of carbonyl (C=O) groups excluding carboxylic acids is 2. The Balaban J connectivity index is 1.45. The zero-order valence-corrected chi connectivity index (χ0v) is 18.1. The molecular weight excluding hydrogens is 446 g/mol. The highest BCUT2D eigenvalue weighted by Crippen LogP contribution is 2.58. The van der Waals surface area contributed by atoms with Crippen LogP contribution in [0.25, 0.3) is 0 Å². The van der Waals surface area contributed by atoms with Crippen molar-refractivity contribution in [3.05, 3.63) is 82.4 Å². The Morgan fingerprint density at radius 2 is 1.35 bits per heavy atom. The molecule has 8 heteroatoms. The first kappa shape index (κ1) is 21.9. The molecule has 0 heterocycles. The van der Waals surface area contributed by atoms with Crippen molar-refractivity contribution in [1.29, 1.82) is 0 Å². The topological polar surface area (TPSA) is 82.1 Å². The molecule has 174 valence electrons. The summed E-state index contributed by atoms with van der Waals surface area (Å²) in [5.41, 5.74) is 0.982. The third-order valence-electron chi connectivity index (χ3n) is 6.43. The third-order valence-corrected chi connectivity index (χ3v) is 6.43. The van der Waals surface area contributed by atoms with E-state index in [1.165, 1.54) is 37.4 Å². The first-order chi connectivity index (χ1) is 16.4. The molecule has 34 heavy (non-hydrogen) atoms. The van der Waals surface area contributed by atoms with Gasteiger partial charge in [0.05, 0.1) is 18.2 Å². The second-order valence-corrected chi connectivity index (χ2v) is 8.39. The molecule has 0 saturated heterocycles. The number of rotatable bonds is 5. The number of hydrogen-bond donors (Lipinski definition) is 1. The molecule has 2 unspecified atom stereocenters. The number of esters is 2. The van der Waals surface area contributed by atoms with E-state index in [1.807, 2.05) is 0 Å². The van der Waals surface area contributed by atoms with E-state index in [0.717, 1.165) is 48.6 Å². The predicted molar refractivity (Wildman–Crippen MR) is 117 cm³/mol. The monoisotopic (exact) mass is 466 g/mol. The standard InChI is InChI=1S/C26H20F2O6/c1-32-16-5-7-18(20(28)12-16)26(31)34-22-9-8-21(23-13-2-3-14(10-13)24(22)23)33-25(30)17-6-4-15(29)11-19(17)27/h4-9,11-14,29H,2-3,10H2,1H3. The Labute approximate surface area is 193 Å². The van der Waals surface area contributed by atoms with E-state index in [9.17, 15) is 23.5 Å². The van der Waals surface area contributed by atoms with Crippen LogP contribution >= 0.6 is 0 Å². The number of methoxy groups -OCH3 is 1. The number of hydrogen-bond acceptors (Lipinski definition) is 6. The van der Waals surface area contributed by atoms with Gasteiger partial charge in [0.15, 0.2) is 0 Å². The minimum absolute atomic E-state index is 0.115. The first-order valence-electron chi connectivity index (χ1n) is 10.8. The number of aromatic hydroxyl groups is 1. The number of phenols is 1. The molecule has 0 spiro atoms. The molecule has 6 nitrogen and oxygen atoms in total. The van der Waals surface area contributed by atoms with E-state index in [2.05, 4.69) is 0 Å². The summed E-state index contributed by atoms with van der Waals surface area (Å²) in [6, 6.07) is 10.1. The van der Waals surface area contributed by atoms with Gasteiger partial charge in [-0.3, -0.25) is 0 Å². The van der Waals surface area contributed by atoms with Crippen LogP contribution in [0.3, 0.4) is 0 Å². The molecule has 3 aromatic rings. The van der Waals surface area contributed by atoms with Gasteiger partial charge in [-0.25, -0.2) is 18.4 Å². The molecule has 2 atom stereocenters. The molecule has 1 N–H and O–H groups in total. The Kier molecular flexibility index (Phi) is 5.43. The van der Waals surface area contributed by atoms with Crippen LogP contribution < -0.4 is 14.2 Å². The maximum absolute atomic E-state index is 14.4. The Bertz CT molecular complexity index is 1320. The fourth-order valence-corrected chi connectivity index (χ4v) is 4.89. The molecule has 2 aliphatic rings. The first-order valence-corrected chi connectivity index (χ1v) is 10.8. The van der Waals surface area contributed by atoms with Gasteiger partial charge in [-0.2, -0.15) is 0 Å². The van der Waals surface area contributed by atoms with Crippen LogP contribution in [0.4, 0.5) is 8.78 Å². The zero-order valence-electron chi connectivity index (χ0n) is 18.1. The maximum Gasteiger partial charge on any atom is 0.346 e. The van der Waals surface area contributed by atoms with Crippen molar-refractivity contribution in [3.63, 3.8) is 0 Å². The lowest BCUT2D eigenvalue weighted by Crippen LogP contribution is -2.15. The number of fused-ring (bicyclic) bond motifs is 5. The summed E-state index contributed by atoms with van der Waals surface area (Å²) in [6.07, 6.45) is 2.60. The molecule has 0 amide bonds. The number of carbonyl (C=O) groups is 2. The minimum atomic E-state index is -0.896. The van der Waals surface area contributed by atoms with Gasteiger partial charge >= 0.3 is 11.9 Å². The van der Waals surface area contributed by atoms with Crippen LogP contribution in [0.2, 0.25) is 0 Å². The number of phenolic OH excluding ortho intramolecular Hbond substituents is 1.